The van der Waals surface area contributed by atoms with E-state index >= 15 is 0 Å². The van der Waals surface area contributed by atoms with E-state index in [9.17, 15) is 5.11 Å². The number of ether oxygens (including phenoxy) is 1. The highest BCUT2D eigenvalue weighted by Gasteiger charge is 2.17. The van der Waals surface area contributed by atoms with Crippen molar-refractivity contribution in [2.24, 2.45) is 10.2 Å². The Morgan fingerprint density at radius 3 is 2.68 bits per heavy atom. The molecular weight excluding hydrogens is 354 g/mol. The molecule has 0 spiro atoms. The van der Waals surface area contributed by atoms with Gasteiger partial charge in [0, 0.05) is 25.6 Å². The van der Waals surface area contributed by atoms with E-state index in [4.69, 9.17) is 4.74 Å². The molecule has 1 aliphatic heterocycles. The van der Waals surface area contributed by atoms with Crippen LogP contribution in [0.3, 0.4) is 0 Å². The van der Waals surface area contributed by atoms with Crippen LogP contribution < -0.4 is 4.90 Å². The molecule has 1 fully saturated rings. The summed E-state index contributed by atoms with van der Waals surface area (Å²) in [4.78, 5) is 11.4. The van der Waals surface area contributed by atoms with Crippen molar-refractivity contribution >= 4 is 11.6 Å². The van der Waals surface area contributed by atoms with Gasteiger partial charge in [-0.25, -0.2) is 9.97 Å². The summed E-state index contributed by atoms with van der Waals surface area (Å²) >= 11 is 0. The zero-order valence-electron chi connectivity index (χ0n) is 16.9. The maximum Gasteiger partial charge on any atom is 0.179 e. The Labute approximate surface area is 166 Å². The van der Waals surface area contributed by atoms with E-state index in [2.05, 4.69) is 44.2 Å². The topological polar surface area (TPSA) is 83.2 Å². The molecular formula is C21H29N5O2. The molecule has 0 saturated carbocycles. The first kappa shape index (κ1) is 20.4. The molecule has 0 aliphatic carbocycles. The van der Waals surface area contributed by atoms with Gasteiger partial charge in [-0.15, -0.1) is 5.11 Å². The first-order valence-electron chi connectivity index (χ1n) is 9.75. The molecule has 0 atom stereocenters. The molecule has 0 radical (unpaired) electrons. The van der Waals surface area contributed by atoms with E-state index in [1.807, 2.05) is 18.2 Å². The second-order valence-corrected chi connectivity index (χ2v) is 7.80. The predicted octanol–water partition coefficient (Wildman–Crippen LogP) is 3.61. The fourth-order valence-corrected chi connectivity index (χ4v) is 3.00. The van der Waals surface area contributed by atoms with Gasteiger partial charge in [-0.2, -0.15) is 5.11 Å². The Balaban J connectivity index is 1.78. The number of azo groups is 1. The Bertz CT molecular complexity index is 811. The Morgan fingerprint density at radius 2 is 1.96 bits per heavy atom. The molecule has 0 unspecified atom stereocenters. The summed E-state index contributed by atoms with van der Waals surface area (Å²) in [6.45, 7) is 9.12. The smallest absolute Gasteiger partial charge is 0.179 e. The van der Waals surface area contributed by atoms with E-state index in [1.165, 1.54) is 5.56 Å². The number of nitrogens with zero attached hydrogens (tertiary/aromatic N) is 5. The Hall–Kier alpha value is -2.38. The van der Waals surface area contributed by atoms with Crippen molar-refractivity contribution in [3.05, 3.63) is 47.3 Å². The lowest BCUT2D eigenvalue weighted by atomic mass is 10.0. The van der Waals surface area contributed by atoms with Gasteiger partial charge in [-0.05, 0) is 32.8 Å². The van der Waals surface area contributed by atoms with Crippen molar-refractivity contribution in [1.82, 2.24) is 9.97 Å². The molecule has 1 N–H and O–H groups in total. The summed E-state index contributed by atoms with van der Waals surface area (Å²) in [5, 5.41) is 18.7. The van der Waals surface area contributed by atoms with E-state index in [1.54, 1.807) is 13.8 Å². The van der Waals surface area contributed by atoms with Crippen LogP contribution in [0.2, 0.25) is 0 Å². The molecule has 2 aromatic rings. The van der Waals surface area contributed by atoms with Gasteiger partial charge in [0.2, 0.25) is 0 Å². The number of benzene rings is 1. The molecule has 1 aromatic carbocycles. The number of hydrogen-bond acceptors (Lipinski definition) is 7. The van der Waals surface area contributed by atoms with Crippen molar-refractivity contribution in [2.75, 3.05) is 31.2 Å². The van der Waals surface area contributed by atoms with Crippen LogP contribution >= 0.6 is 0 Å². The fraction of sp³-hybridized carbons (Fsp3) is 0.524. The standard InChI is InChI=1S/C21H29N5O2/c1-16-5-4-6-17(13-16)15-22-25-19-14-20(26-9-11-28-12-10-26)24-18(23-19)7-8-21(2,3)27/h4-6,13-14,27H,7-12,15H2,1-3H3. The van der Waals surface area contributed by atoms with Crippen molar-refractivity contribution in [2.45, 2.75) is 45.8 Å². The number of aryl methyl sites for hydroxylation is 2. The molecule has 7 nitrogen and oxygen atoms in total. The van der Waals surface area contributed by atoms with Crippen LogP contribution in [-0.4, -0.2) is 47.0 Å². The summed E-state index contributed by atoms with van der Waals surface area (Å²) in [6.07, 6.45) is 1.17. The molecule has 3 rings (SSSR count). The van der Waals surface area contributed by atoms with Gasteiger partial charge in [-0.1, -0.05) is 29.8 Å². The van der Waals surface area contributed by atoms with Crippen LogP contribution in [0.1, 0.15) is 37.2 Å². The van der Waals surface area contributed by atoms with Crippen LogP contribution in [0, 0.1) is 6.92 Å². The fourth-order valence-electron chi connectivity index (χ4n) is 3.00. The first-order valence-corrected chi connectivity index (χ1v) is 9.75. The minimum absolute atomic E-state index is 0.511. The summed E-state index contributed by atoms with van der Waals surface area (Å²) in [5.74, 6) is 2.07. The lowest BCUT2D eigenvalue weighted by molar-refractivity contribution is 0.0708. The Morgan fingerprint density at radius 1 is 1.18 bits per heavy atom. The number of morpholine rings is 1. The zero-order valence-corrected chi connectivity index (χ0v) is 16.9. The summed E-state index contributed by atoms with van der Waals surface area (Å²) < 4.78 is 5.44. The second kappa shape index (κ2) is 9.21. The number of anilines is 1. The van der Waals surface area contributed by atoms with Crippen LogP contribution in [0.15, 0.2) is 40.6 Å². The monoisotopic (exact) mass is 383 g/mol. The van der Waals surface area contributed by atoms with Gasteiger partial charge < -0.3 is 14.7 Å². The maximum absolute atomic E-state index is 10.0. The summed E-state index contributed by atoms with van der Waals surface area (Å²) in [6, 6.07) is 10.1. The molecule has 1 saturated heterocycles. The highest BCUT2D eigenvalue weighted by molar-refractivity contribution is 5.46. The van der Waals surface area contributed by atoms with Gasteiger partial charge in [0.05, 0.1) is 25.4 Å². The molecule has 7 heteroatoms. The molecule has 1 aliphatic rings. The minimum Gasteiger partial charge on any atom is -0.390 e. The van der Waals surface area contributed by atoms with Gasteiger partial charge >= 0.3 is 0 Å². The largest absolute Gasteiger partial charge is 0.390 e. The van der Waals surface area contributed by atoms with Crippen molar-refractivity contribution in [3.63, 3.8) is 0 Å². The van der Waals surface area contributed by atoms with Gasteiger partial charge in [-0.3, -0.25) is 0 Å². The third-order valence-corrected chi connectivity index (χ3v) is 4.55. The van der Waals surface area contributed by atoms with Crippen LogP contribution in [0.5, 0.6) is 0 Å². The number of aliphatic hydroxyl groups is 1. The van der Waals surface area contributed by atoms with Crippen molar-refractivity contribution < 1.29 is 9.84 Å². The van der Waals surface area contributed by atoms with E-state index < -0.39 is 5.60 Å². The lowest BCUT2D eigenvalue weighted by Crippen LogP contribution is -2.37. The van der Waals surface area contributed by atoms with E-state index in [0.717, 1.165) is 24.5 Å². The summed E-state index contributed by atoms with van der Waals surface area (Å²) in [7, 11) is 0. The van der Waals surface area contributed by atoms with Gasteiger partial charge in [0.25, 0.3) is 0 Å². The average molecular weight is 383 g/mol. The minimum atomic E-state index is -0.759. The first-order chi connectivity index (χ1) is 13.4. The van der Waals surface area contributed by atoms with Gasteiger partial charge in [0.1, 0.15) is 11.6 Å². The maximum atomic E-state index is 10.0. The molecule has 0 amide bonds. The van der Waals surface area contributed by atoms with Crippen molar-refractivity contribution in [3.8, 4) is 0 Å². The quantitative estimate of drug-likeness (QED) is 0.739. The summed E-state index contributed by atoms with van der Waals surface area (Å²) in [5.41, 5.74) is 1.57. The normalized spacial score (nSPS) is 15.4. The molecule has 1 aromatic heterocycles. The van der Waals surface area contributed by atoms with E-state index in [0.29, 0.717) is 44.2 Å². The zero-order chi connectivity index (χ0) is 20.0. The molecule has 0 bridgehead atoms. The van der Waals surface area contributed by atoms with E-state index in [-0.39, 0.29) is 0 Å². The SMILES string of the molecule is Cc1cccc(CN=Nc2cc(N3CCOCC3)nc(CCC(C)(C)O)n2)c1. The third kappa shape index (κ3) is 6.35. The van der Waals surface area contributed by atoms with Crippen LogP contribution in [-0.2, 0) is 17.7 Å². The Kier molecular flexibility index (Phi) is 6.70. The molecule has 2 heterocycles. The third-order valence-electron chi connectivity index (χ3n) is 4.55. The number of aromatic nitrogens is 2. The highest BCUT2D eigenvalue weighted by atomic mass is 16.5. The highest BCUT2D eigenvalue weighted by Crippen LogP contribution is 2.22. The van der Waals surface area contributed by atoms with Crippen LogP contribution in [0.25, 0.3) is 0 Å². The predicted molar refractivity (Wildman–Crippen MR) is 109 cm³/mol. The lowest BCUT2D eigenvalue weighted by Gasteiger charge is -2.28. The number of hydrogen-bond donors (Lipinski definition) is 1. The van der Waals surface area contributed by atoms with Crippen molar-refractivity contribution in [1.29, 1.82) is 0 Å². The molecule has 150 valence electrons. The van der Waals surface area contributed by atoms with Crippen LogP contribution in [0.4, 0.5) is 11.6 Å². The average Bonchev–Trinajstić information content (AvgIpc) is 2.67. The number of rotatable bonds is 7. The second-order valence-electron chi connectivity index (χ2n) is 7.80. The van der Waals surface area contributed by atoms with Gasteiger partial charge in [0.15, 0.2) is 5.82 Å². The molecule has 28 heavy (non-hydrogen) atoms.